The van der Waals surface area contributed by atoms with Crippen molar-refractivity contribution in [2.45, 2.75) is 77.0 Å². The van der Waals surface area contributed by atoms with Gasteiger partial charge in [-0.3, -0.25) is 0 Å². The largest absolute Gasteiger partial charge is 0.0843 e. The number of benzene rings is 3. The number of rotatable bonds is 7. The Labute approximate surface area is 205 Å². The third kappa shape index (κ3) is 5.97. The van der Waals surface area contributed by atoms with E-state index in [0.29, 0.717) is 0 Å². The highest BCUT2D eigenvalue weighted by molar-refractivity contribution is 6.31. The van der Waals surface area contributed by atoms with Crippen LogP contribution in [0.3, 0.4) is 0 Å². The Bertz CT molecular complexity index is 1040. The first-order valence-electron chi connectivity index (χ1n) is 11.5. The first-order chi connectivity index (χ1) is 14.9. The lowest BCUT2D eigenvalue weighted by atomic mass is 9.69. The fourth-order valence-electron chi connectivity index (χ4n) is 4.41. The number of halogens is 2. The second-order valence-corrected chi connectivity index (χ2v) is 11.9. The van der Waals surface area contributed by atoms with Gasteiger partial charge >= 0.3 is 0 Å². The lowest BCUT2D eigenvalue weighted by Gasteiger charge is -2.35. The molecule has 0 saturated heterocycles. The Hall–Kier alpha value is -1.76. The molecule has 2 heteroatoms. The average Bonchev–Trinajstić information content (AvgIpc) is 2.74. The highest BCUT2D eigenvalue weighted by atomic mass is 35.5. The summed E-state index contributed by atoms with van der Waals surface area (Å²) in [6, 6.07) is 25.7. The molecule has 0 aromatic heterocycles. The van der Waals surface area contributed by atoms with Crippen LogP contribution in [0.5, 0.6) is 0 Å². The minimum Gasteiger partial charge on any atom is -0.0843 e. The van der Waals surface area contributed by atoms with Gasteiger partial charge in [0.25, 0.3) is 0 Å². The molecule has 0 amide bonds. The number of hydrogen-bond donors (Lipinski definition) is 0. The van der Waals surface area contributed by atoms with Crippen LogP contribution in [0, 0.1) is 0 Å². The molecule has 0 saturated carbocycles. The van der Waals surface area contributed by atoms with Crippen LogP contribution in [0.2, 0.25) is 10.0 Å². The maximum Gasteiger partial charge on any atom is 0.0438 e. The van der Waals surface area contributed by atoms with E-state index in [1.165, 1.54) is 22.3 Å². The predicted molar refractivity (Wildman–Crippen MR) is 141 cm³/mol. The van der Waals surface area contributed by atoms with Gasteiger partial charge in [0.2, 0.25) is 0 Å². The van der Waals surface area contributed by atoms with E-state index >= 15 is 0 Å². The van der Waals surface area contributed by atoms with Crippen molar-refractivity contribution in [1.29, 1.82) is 0 Å². The van der Waals surface area contributed by atoms with E-state index in [2.05, 4.69) is 102 Å². The zero-order valence-electron chi connectivity index (χ0n) is 20.3. The zero-order valence-corrected chi connectivity index (χ0v) is 21.8. The summed E-state index contributed by atoms with van der Waals surface area (Å²) < 4.78 is 0. The van der Waals surface area contributed by atoms with Crippen molar-refractivity contribution in [3.63, 3.8) is 0 Å². The van der Waals surface area contributed by atoms with Gasteiger partial charge in [-0.15, -0.1) is 0 Å². The third-order valence-electron chi connectivity index (χ3n) is 6.87. The monoisotopic (exact) mass is 466 g/mol. The number of hydrogen-bond acceptors (Lipinski definition) is 0. The van der Waals surface area contributed by atoms with Crippen molar-refractivity contribution in [2.24, 2.45) is 0 Å². The van der Waals surface area contributed by atoms with Crippen LogP contribution in [0.25, 0.3) is 0 Å². The van der Waals surface area contributed by atoms with Crippen molar-refractivity contribution in [2.75, 3.05) is 0 Å². The molecular weight excluding hydrogens is 431 g/mol. The molecule has 32 heavy (non-hydrogen) atoms. The minimum atomic E-state index is -0.0305. The molecule has 0 aliphatic carbocycles. The first kappa shape index (κ1) is 24.9. The highest BCUT2D eigenvalue weighted by Gasteiger charge is 2.32. The molecule has 0 aliphatic heterocycles. The van der Waals surface area contributed by atoms with Crippen LogP contribution >= 0.6 is 23.2 Å². The molecule has 3 aromatic carbocycles. The smallest absolute Gasteiger partial charge is 0.0438 e. The molecule has 0 spiro atoms. The second-order valence-electron chi connectivity index (χ2n) is 11.1. The second kappa shape index (κ2) is 9.62. The van der Waals surface area contributed by atoms with Gasteiger partial charge < -0.3 is 0 Å². The van der Waals surface area contributed by atoms with E-state index in [-0.39, 0.29) is 16.2 Å². The Morgan fingerprint density at radius 1 is 0.625 bits per heavy atom. The molecule has 0 bridgehead atoms. The Balaban J connectivity index is 1.95. The Kier molecular flexibility index (Phi) is 7.48. The Morgan fingerprint density at radius 3 is 1.91 bits per heavy atom. The molecule has 0 nitrogen and oxygen atoms in total. The molecule has 170 valence electrons. The SMILES string of the molecule is CC(C)(C)c1ccc(Cl)c(CC(C)(CCC(C)(C)c2cccc(Cl)c2)c2ccccc2)c1. The van der Waals surface area contributed by atoms with Gasteiger partial charge in [0.1, 0.15) is 0 Å². The van der Waals surface area contributed by atoms with Gasteiger partial charge in [0.05, 0.1) is 0 Å². The quantitative estimate of drug-likeness (QED) is 0.324. The van der Waals surface area contributed by atoms with Crippen LogP contribution in [0.15, 0.2) is 72.8 Å². The molecule has 0 aliphatic rings. The Morgan fingerprint density at radius 2 is 1.28 bits per heavy atom. The van der Waals surface area contributed by atoms with Gasteiger partial charge in [-0.2, -0.15) is 0 Å². The molecule has 3 rings (SSSR count). The van der Waals surface area contributed by atoms with Crippen molar-refractivity contribution in [3.05, 3.63) is 105 Å². The van der Waals surface area contributed by atoms with E-state index in [0.717, 1.165) is 29.3 Å². The average molecular weight is 468 g/mol. The lowest BCUT2D eigenvalue weighted by molar-refractivity contribution is 0.351. The molecule has 1 atom stereocenters. The fraction of sp³-hybridized carbons (Fsp3) is 0.400. The van der Waals surface area contributed by atoms with Crippen molar-refractivity contribution in [3.8, 4) is 0 Å². The summed E-state index contributed by atoms with van der Waals surface area (Å²) in [5.41, 5.74) is 5.29. The zero-order chi connectivity index (χ0) is 23.6. The highest BCUT2D eigenvalue weighted by Crippen LogP contribution is 2.40. The predicted octanol–water partition coefficient (Wildman–Crippen LogP) is 9.55. The summed E-state index contributed by atoms with van der Waals surface area (Å²) in [7, 11) is 0. The van der Waals surface area contributed by atoms with E-state index in [1.54, 1.807) is 0 Å². The molecule has 0 radical (unpaired) electrons. The fourth-order valence-corrected chi connectivity index (χ4v) is 4.79. The summed E-state index contributed by atoms with van der Waals surface area (Å²) >= 11 is 13.0. The third-order valence-corrected chi connectivity index (χ3v) is 7.47. The van der Waals surface area contributed by atoms with Crippen LogP contribution in [-0.2, 0) is 22.7 Å². The van der Waals surface area contributed by atoms with E-state index in [1.807, 2.05) is 12.1 Å². The molecule has 1 unspecified atom stereocenters. The minimum absolute atomic E-state index is 0.0258. The summed E-state index contributed by atoms with van der Waals surface area (Å²) in [6.07, 6.45) is 3.01. The van der Waals surface area contributed by atoms with Gasteiger partial charge in [0, 0.05) is 10.0 Å². The van der Waals surface area contributed by atoms with Crippen molar-refractivity contribution in [1.82, 2.24) is 0 Å². The molecule has 0 fully saturated rings. The summed E-state index contributed by atoms with van der Waals surface area (Å²) in [5, 5.41) is 1.65. The van der Waals surface area contributed by atoms with Crippen LogP contribution in [-0.4, -0.2) is 0 Å². The van der Waals surface area contributed by atoms with Gasteiger partial charge in [-0.25, -0.2) is 0 Å². The summed E-state index contributed by atoms with van der Waals surface area (Å²) in [5.74, 6) is 0. The standard InChI is InChI=1S/C30H36Cl2/c1-28(2,3)24-15-16-27(32)22(19-24)21-30(6,23-11-8-7-9-12-23)18-17-29(4,5)25-13-10-14-26(31)20-25/h7-16,19-20H,17-18,21H2,1-6H3. The topological polar surface area (TPSA) is 0 Å². The van der Waals surface area contributed by atoms with Crippen LogP contribution < -0.4 is 0 Å². The molecule has 3 aromatic rings. The van der Waals surface area contributed by atoms with Gasteiger partial charge in [0.15, 0.2) is 0 Å². The van der Waals surface area contributed by atoms with Crippen LogP contribution in [0.4, 0.5) is 0 Å². The lowest BCUT2D eigenvalue weighted by Crippen LogP contribution is -2.29. The molecule has 0 N–H and O–H groups in total. The van der Waals surface area contributed by atoms with E-state index in [9.17, 15) is 0 Å². The van der Waals surface area contributed by atoms with Crippen LogP contribution in [0.1, 0.15) is 76.6 Å². The molecule has 0 heterocycles. The van der Waals surface area contributed by atoms with E-state index in [4.69, 9.17) is 23.2 Å². The van der Waals surface area contributed by atoms with E-state index < -0.39 is 0 Å². The maximum atomic E-state index is 6.73. The van der Waals surface area contributed by atoms with Gasteiger partial charge in [-0.1, -0.05) is 119 Å². The summed E-state index contributed by atoms with van der Waals surface area (Å²) in [6.45, 7) is 13.8. The maximum absolute atomic E-state index is 6.73. The van der Waals surface area contributed by atoms with Crippen molar-refractivity contribution < 1.29 is 0 Å². The normalized spacial score (nSPS) is 14.2. The first-order valence-corrected chi connectivity index (χ1v) is 12.3. The van der Waals surface area contributed by atoms with Gasteiger partial charge in [-0.05, 0) is 76.0 Å². The summed E-state index contributed by atoms with van der Waals surface area (Å²) in [4.78, 5) is 0. The van der Waals surface area contributed by atoms with Crippen molar-refractivity contribution >= 4 is 23.2 Å². The molecular formula is C30H36Cl2.